The minimum atomic E-state index is -1.03. The minimum absolute atomic E-state index is 0.0360. The van der Waals surface area contributed by atoms with Crippen molar-refractivity contribution in [2.24, 2.45) is 0 Å². The van der Waals surface area contributed by atoms with E-state index in [0.717, 1.165) is 0 Å². The first-order valence-electron chi connectivity index (χ1n) is 8.16. The van der Waals surface area contributed by atoms with Gasteiger partial charge in [-0.05, 0) is 35.6 Å². The third-order valence-corrected chi connectivity index (χ3v) is 3.79. The zero-order chi connectivity index (χ0) is 18.6. The molecule has 0 heterocycles. The average molecular weight is 342 g/mol. The van der Waals surface area contributed by atoms with E-state index in [-0.39, 0.29) is 23.1 Å². The summed E-state index contributed by atoms with van der Waals surface area (Å²) in [7, 11) is 0. The van der Waals surface area contributed by atoms with Gasteiger partial charge in [-0.1, -0.05) is 52.0 Å². The highest BCUT2D eigenvalue weighted by atomic mass is 16.7. The zero-order valence-corrected chi connectivity index (χ0v) is 14.8. The summed E-state index contributed by atoms with van der Waals surface area (Å²) < 4.78 is 10.4. The second kappa shape index (κ2) is 7.83. The summed E-state index contributed by atoms with van der Waals surface area (Å²) in [5.41, 5.74) is 1.39. The van der Waals surface area contributed by atoms with E-state index in [1.165, 1.54) is 0 Å². The molecule has 2 aromatic rings. The number of hydrogen-bond acceptors (Lipinski definition) is 4. The van der Waals surface area contributed by atoms with Crippen LogP contribution in [0.5, 0.6) is 11.5 Å². The molecule has 0 amide bonds. The molecule has 2 aromatic carbocycles. The van der Waals surface area contributed by atoms with Crippen LogP contribution in [0.2, 0.25) is 0 Å². The first kappa shape index (κ1) is 18.5. The van der Waals surface area contributed by atoms with Crippen LogP contribution >= 0.6 is 0 Å². The van der Waals surface area contributed by atoms with E-state index in [0.29, 0.717) is 16.9 Å². The van der Waals surface area contributed by atoms with Gasteiger partial charge in [-0.2, -0.15) is 0 Å². The fraction of sp³-hybridized carbons (Fsp3) is 0.300. The molecule has 0 saturated heterocycles. The van der Waals surface area contributed by atoms with Gasteiger partial charge in [0.15, 0.2) is 0 Å². The predicted molar refractivity (Wildman–Crippen MR) is 94.7 cm³/mol. The van der Waals surface area contributed by atoms with Crippen LogP contribution in [-0.4, -0.2) is 17.2 Å². The van der Waals surface area contributed by atoms with Gasteiger partial charge < -0.3 is 14.6 Å². The van der Waals surface area contributed by atoms with Crippen molar-refractivity contribution in [2.45, 2.75) is 39.5 Å². The van der Waals surface area contributed by atoms with Crippen molar-refractivity contribution >= 4 is 12.1 Å². The van der Waals surface area contributed by atoms with Crippen molar-refractivity contribution in [3.8, 4) is 11.5 Å². The van der Waals surface area contributed by atoms with Crippen molar-refractivity contribution in [3.63, 3.8) is 0 Å². The van der Waals surface area contributed by atoms with Crippen LogP contribution in [0.3, 0.4) is 0 Å². The first-order valence-corrected chi connectivity index (χ1v) is 8.16. The van der Waals surface area contributed by atoms with E-state index in [9.17, 15) is 14.7 Å². The maximum absolute atomic E-state index is 12.1. The highest BCUT2D eigenvalue weighted by Crippen LogP contribution is 2.35. The van der Waals surface area contributed by atoms with Gasteiger partial charge in [-0.25, -0.2) is 9.59 Å². The molecule has 2 rings (SSSR count). The van der Waals surface area contributed by atoms with E-state index in [1.54, 1.807) is 42.5 Å². The number of carboxylic acid groups (broad SMARTS) is 1. The van der Waals surface area contributed by atoms with Crippen LogP contribution in [0.1, 0.15) is 61.0 Å². The molecule has 0 aliphatic rings. The van der Waals surface area contributed by atoms with Gasteiger partial charge in [0.1, 0.15) is 11.5 Å². The molecule has 5 heteroatoms. The normalized spacial score (nSPS) is 10.8. The Morgan fingerprint density at radius 2 is 1.52 bits per heavy atom. The number of carbonyl (C=O) groups excluding carboxylic acids is 1. The van der Waals surface area contributed by atoms with Crippen molar-refractivity contribution in [1.29, 1.82) is 0 Å². The second-order valence-corrected chi connectivity index (χ2v) is 6.32. The van der Waals surface area contributed by atoms with Crippen LogP contribution in [-0.2, 0) is 0 Å². The number of benzene rings is 2. The molecule has 0 atom stereocenters. The van der Waals surface area contributed by atoms with Gasteiger partial charge in [0.05, 0.1) is 5.56 Å². The smallest absolute Gasteiger partial charge is 0.478 e. The van der Waals surface area contributed by atoms with Crippen LogP contribution in [0.25, 0.3) is 0 Å². The summed E-state index contributed by atoms with van der Waals surface area (Å²) in [6.45, 7) is 7.58. The number of carboxylic acids is 1. The van der Waals surface area contributed by atoms with Gasteiger partial charge >= 0.3 is 12.1 Å². The van der Waals surface area contributed by atoms with Crippen molar-refractivity contribution in [1.82, 2.24) is 0 Å². The summed E-state index contributed by atoms with van der Waals surface area (Å²) in [5, 5.41) is 9.67. The predicted octanol–water partition coefficient (Wildman–Crippen LogP) is 5.21. The van der Waals surface area contributed by atoms with Crippen LogP contribution in [0, 0.1) is 0 Å². The third kappa shape index (κ3) is 4.38. The van der Waals surface area contributed by atoms with Crippen molar-refractivity contribution in [3.05, 3.63) is 59.2 Å². The lowest BCUT2D eigenvalue weighted by atomic mass is 9.88. The van der Waals surface area contributed by atoms with Gasteiger partial charge in [-0.3, -0.25) is 0 Å². The minimum Gasteiger partial charge on any atom is -0.478 e. The Labute approximate surface area is 147 Å². The Morgan fingerprint density at radius 1 is 0.880 bits per heavy atom. The molecular formula is C20H22O5. The lowest BCUT2D eigenvalue weighted by molar-refractivity contribution is 0.0692. The summed E-state index contributed by atoms with van der Waals surface area (Å²) in [6, 6.07) is 11.9. The highest BCUT2D eigenvalue weighted by Gasteiger charge is 2.25. The van der Waals surface area contributed by atoms with Crippen molar-refractivity contribution in [2.75, 3.05) is 0 Å². The zero-order valence-electron chi connectivity index (χ0n) is 14.8. The van der Waals surface area contributed by atoms with Gasteiger partial charge in [0, 0.05) is 5.56 Å². The van der Waals surface area contributed by atoms with Gasteiger partial charge in [-0.15, -0.1) is 0 Å². The largest absolute Gasteiger partial charge is 0.519 e. The molecule has 0 aliphatic heterocycles. The molecule has 0 saturated carbocycles. The van der Waals surface area contributed by atoms with Crippen LogP contribution in [0.15, 0.2) is 42.5 Å². The quantitative estimate of drug-likeness (QED) is 0.596. The Kier molecular flexibility index (Phi) is 5.80. The first-order chi connectivity index (χ1) is 11.8. The molecule has 5 nitrogen and oxygen atoms in total. The maximum atomic E-state index is 12.1. The Hall–Kier alpha value is -2.82. The van der Waals surface area contributed by atoms with Crippen LogP contribution < -0.4 is 9.47 Å². The topological polar surface area (TPSA) is 72.8 Å². The number of carbonyl (C=O) groups is 2. The molecular weight excluding hydrogens is 320 g/mol. The monoisotopic (exact) mass is 342 g/mol. The van der Waals surface area contributed by atoms with Gasteiger partial charge in [0.25, 0.3) is 0 Å². The average Bonchev–Trinajstić information content (AvgIpc) is 2.54. The summed E-state index contributed by atoms with van der Waals surface area (Å²) >= 11 is 0. The fourth-order valence-corrected chi connectivity index (χ4v) is 2.69. The second-order valence-electron chi connectivity index (χ2n) is 6.32. The van der Waals surface area contributed by atoms with E-state index in [1.807, 2.05) is 27.7 Å². The molecule has 0 aromatic heterocycles. The SMILES string of the molecule is CC(C)c1ccc(OC(=O)Oc2ccccc2)c(C(C)C)c1C(=O)O. The van der Waals surface area contributed by atoms with Gasteiger partial charge in [0.2, 0.25) is 0 Å². The van der Waals surface area contributed by atoms with E-state index in [4.69, 9.17) is 9.47 Å². The summed E-state index contributed by atoms with van der Waals surface area (Å²) in [4.78, 5) is 23.9. The molecule has 0 bridgehead atoms. The molecule has 0 spiro atoms. The van der Waals surface area contributed by atoms with Crippen LogP contribution in [0.4, 0.5) is 4.79 Å². The molecule has 1 N–H and O–H groups in total. The molecule has 0 aliphatic carbocycles. The molecule has 132 valence electrons. The Morgan fingerprint density at radius 3 is 2.04 bits per heavy atom. The highest BCUT2D eigenvalue weighted by molar-refractivity contribution is 5.93. The maximum Gasteiger partial charge on any atom is 0.519 e. The molecule has 25 heavy (non-hydrogen) atoms. The number of ether oxygens (including phenoxy) is 2. The fourth-order valence-electron chi connectivity index (χ4n) is 2.69. The lowest BCUT2D eigenvalue weighted by Gasteiger charge is -2.20. The third-order valence-electron chi connectivity index (χ3n) is 3.79. The Balaban J connectivity index is 2.39. The summed E-state index contributed by atoms with van der Waals surface area (Å²) in [6.07, 6.45) is -0.901. The molecule has 0 fully saturated rings. The van der Waals surface area contributed by atoms with E-state index < -0.39 is 12.1 Å². The number of aromatic carboxylic acids is 1. The summed E-state index contributed by atoms with van der Waals surface area (Å²) in [5.74, 6) is -0.568. The number of rotatable bonds is 5. The number of hydrogen-bond donors (Lipinski definition) is 1. The van der Waals surface area contributed by atoms with E-state index >= 15 is 0 Å². The molecule has 0 radical (unpaired) electrons. The lowest BCUT2D eigenvalue weighted by Crippen LogP contribution is -2.17. The standard InChI is InChI=1S/C20H22O5/c1-12(2)15-10-11-16(17(13(3)4)18(15)19(21)22)25-20(23)24-14-8-6-5-7-9-14/h5-13H,1-4H3,(H,21,22). The van der Waals surface area contributed by atoms with E-state index in [2.05, 4.69) is 0 Å². The number of para-hydroxylation sites is 1. The Bertz CT molecular complexity index is 763. The van der Waals surface area contributed by atoms with Crippen molar-refractivity contribution < 1.29 is 24.2 Å². The molecule has 0 unspecified atom stereocenters.